The summed E-state index contributed by atoms with van der Waals surface area (Å²) in [7, 11) is 0. The Morgan fingerprint density at radius 3 is 2.67 bits per heavy atom. The second-order valence-electron chi connectivity index (χ2n) is 10.5. The molecular formula is C30H33N7O2. The first-order valence-corrected chi connectivity index (χ1v) is 13.6. The number of amides is 1. The van der Waals surface area contributed by atoms with E-state index in [-0.39, 0.29) is 17.0 Å². The van der Waals surface area contributed by atoms with Gasteiger partial charge < -0.3 is 25.4 Å². The molecule has 200 valence electrons. The molecule has 3 heterocycles. The van der Waals surface area contributed by atoms with E-state index >= 15 is 0 Å². The molecule has 1 amide bonds. The van der Waals surface area contributed by atoms with Crippen molar-refractivity contribution >= 4 is 34.3 Å². The molecule has 1 fully saturated rings. The van der Waals surface area contributed by atoms with Crippen LogP contribution in [-0.2, 0) is 12.8 Å². The van der Waals surface area contributed by atoms with Gasteiger partial charge in [0.2, 0.25) is 11.4 Å². The van der Waals surface area contributed by atoms with Crippen molar-refractivity contribution in [2.75, 3.05) is 36.4 Å². The van der Waals surface area contributed by atoms with Crippen molar-refractivity contribution < 1.29 is 4.79 Å². The lowest BCUT2D eigenvalue weighted by molar-refractivity contribution is 0.0941. The molecule has 39 heavy (non-hydrogen) atoms. The maximum Gasteiger partial charge on any atom is 0.256 e. The standard InChI is InChI=1S/C30H33N7O2/c1-19(2)33-29(39)26-18-37(24-10-9-20-5-3-6-21(20)15-24)28-25(27(26)38)17-32-30(35-28)34-22-7-4-8-23(16-22)36-13-11-31-12-14-36/h4,7-10,15-19,31H,3,5-6,11-14H2,1-2H3,(H,33,39)(H,32,34,35). The van der Waals surface area contributed by atoms with Crippen molar-refractivity contribution in [3.8, 4) is 5.69 Å². The van der Waals surface area contributed by atoms with Crippen LogP contribution in [0.3, 0.4) is 0 Å². The predicted octanol–water partition coefficient (Wildman–Crippen LogP) is 3.56. The van der Waals surface area contributed by atoms with Crippen molar-refractivity contribution in [2.45, 2.75) is 39.2 Å². The van der Waals surface area contributed by atoms with Crippen molar-refractivity contribution in [3.05, 3.63) is 81.8 Å². The molecule has 0 atom stereocenters. The lowest BCUT2D eigenvalue weighted by Crippen LogP contribution is -2.43. The van der Waals surface area contributed by atoms with Gasteiger partial charge in [-0.1, -0.05) is 12.1 Å². The fourth-order valence-electron chi connectivity index (χ4n) is 5.41. The summed E-state index contributed by atoms with van der Waals surface area (Å²) in [5.41, 5.74) is 5.66. The molecule has 6 rings (SSSR count). The van der Waals surface area contributed by atoms with Crippen LogP contribution in [0.4, 0.5) is 17.3 Å². The molecule has 1 aliphatic carbocycles. The SMILES string of the molecule is CC(C)NC(=O)c1cn(-c2ccc3c(c2)CCC3)c2nc(Nc3cccc(N4CCNCC4)c3)ncc2c1=O. The molecule has 9 heteroatoms. The summed E-state index contributed by atoms with van der Waals surface area (Å²) >= 11 is 0. The lowest BCUT2D eigenvalue weighted by Gasteiger charge is -2.29. The Kier molecular flexibility index (Phi) is 6.74. The normalized spacial score (nSPS) is 15.0. The van der Waals surface area contributed by atoms with Crippen LogP contribution in [0.25, 0.3) is 16.7 Å². The van der Waals surface area contributed by atoms with Crippen molar-refractivity contribution in [3.63, 3.8) is 0 Å². The average molecular weight is 524 g/mol. The maximum atomic E-state index is 13.4. The van der Waals surface area contributed by atoms with Crippen LogP contribution in [0.1, 0.15) is 41.8 Å². The van der Waals surface area contributed by atoms with Gasteiger partial charge in [-0.15, -0.1) is 0 Å². The van der Waals surface area contributed by atoms with E-state index < -0.39 is 5.91 Å². The number of nitrogens with zero attached hydrogens (tertiary/aromatic N) is 4. The second kappa shape index (κ2) is 10.5. The molecule has 4 aromatic rings. The highest BCUT2D eigenvalue weighted by molar-refractivity contribution is 5.97. The smallest absolute Gasteiger partial charge is 0.256 e. The first kappa shape index (κ1) is 25.1. The first-order valence-electron chi connectivity index (χ1n) is 13.6. The monoisotopic (exact) mass is 523 g/mol. The molecule has 0 spiro atoms. The summed E-state index contributed by atoms with van der Waals surface area (Å²) in [5, 5.41) is 9.85. The molecule has 0 bridgehead atoms. The lowest BCUT2D eigenvalue weighted by atomic mass is 10.1. The third kappa shape index (κ3) is 5.09. The van der Waals surface area contributed by atoms with E-state index in [1.54, 1.807) is 6.20 Å². The van der Waals surface area contributed by atoms with Gasteiger partial charge in [0.1, 0.15) is 5.56 Å². The Morgan fingerprint density at radius 1 is 1.03 bits per heavy atom. The number of carbonyl (C=O) groups excluding carboxylic acids is 1. The quantitative estimate of drug-likeness (QED) is 0.355. The van der Waals surface area contributed by atoms with Gasteiger partial charge in [0, 0.05) is 61.7 Å². The number of hydrogen-bond donors (Lipinski definition) is 3. The molecule has 2 aliphatic rings. The molecule has 1 saturated heterocycles. The molecule has 1 aliphatic heterocycles. The van der Waals surface area contributed by atoms with Crippen LogP contribution in [0.15, 0.2) is 59.7 Å². The number of aromatic nitrogens is 3. The topological polar surface area (TPSA) is 104 Å². The number of anilines is 3. The summed E-state index contributed by atoms with van der Waals surface area (Å²) in [5.74, 6) is -0.0209. The van der Waals surface area contributed by atoms with E-state index in [4.69, 9.17) is 4.98 Å². The molecule has 9 nitrogen and oxygen atoms in total. The van der Waals surface area contributed by atoms with E-state index in [1.807, 2.05) is 36.6 Å². The number of pyridine rings is 1. The van der Waals surface area contributed by atoms with Crippen molar-refractivity contribution in [1.82, 2.24) is 25.2 Å². The number of aryl methyl sites for hydroxylation is 2. The Balaban J connectivity index is 1.42. The maximum absolute atomic E-state index is 13.4. The fourth-order valence-corrected chi connectivity index (χ4v) is 5.41. The zero-order valence-electron chi connectivity index (χ0n) is 22.3. The van der Waals surface area contributed by atoms with Gasteiger partial charge in [0.25, 0.3) is 5.91 Å². The molecular weight excluding hydrogens is 490 g/mol. The predicted molar refractivity (Wildman–Crippen MR) is 155 cm³/mol. The average Bonchev–Trinajstić information content (AvgIpc) is 3.42. The number of nitrogens with one attached hydrogen (secondary N) is 3. The van der Waals surface area contributed by atoms with Crippen LogP contribution in [0.2, 0.25) is 0 Å². The van der Waals surface area contributed by atoms with Crippen LogP contribution < -0.4 is 26.3 Å². The summed E-state index contributed by atoms with van der Waals surface area (Å²) in [6.07, 6.45) is 6.36. The van der Waals surface area contributed by atoms with Gasteiger partial charge in [-0.05, 0) is 74.6 Å². The number of fused-ring (bicyclic) bond motifs is 2. The van der Waals surface area contributed by atoms with Crippen LogP contribution >= 0.6 is 0 Å². The third-order valence-electron chi connectivity index (χ3n) is 7.35. The minimum atomic E-state index is -0.404. The van der Waals surface area contributed by atoms with Gasteiger partial charge in [-0.2, -0.15) is 4.98 Å². The first-order chi connectivity index (χ1) is 19.0. The number of piperazine rings is 1. The minimum absolute atomic E-state index is 0.0738. The number of hydrogen-bond acceptors (Lipinski definition) is 7. The highest BCUT2D eigenvalue weighted by Gasteiger charge is 2.20. The van der Waals surface area contributed by atoms with Crippen LogP contribution in [-0.4, -0.2) is 52.7 Å². The number of rotatable bonds is 6. The molecule has 2 aromatic carbocycles. The summed E-state index contributed by atoms with van der Waals surface area (Å²) < 4.78 is 1.84. The zero-order valence-corrected chi connectivity index (χ0v) is 22.3. The van der Waals surface area contributed by atoms with Gasteiger partial charge in [0.15, 0.2) is 5.65 Å². The van der Waals surface area contributed by atoms with Crippen LogP contribution in [0, 0.1) is 0 Å². The summed E-state index contributed by atoms with van der Waals surface area (Å²) in [6.45, 7) is 7.57. The molecule has 0 radical (unpaired) electrons. The van der Waals surface area contributed by atoms with Crippen molar-refractivity contribution in [2.24, 2.45) is 0 Å². The van der Waals surface area contributed by atoms with E-state index in [0.29, 0.717) is 17.0 Å². The van der Waals surface area contributed by atoms with Gasteiger partial charge in [-0.25, -0.2) is 4.98 Å². The van der Waals surface area contributed by atoms with Gasteiger partial charge in [0.05, 0.1) is 5.39 Å². The minimum Gasteiger partial charge on any atom is -0.369 e. The molecule has 0 unspecified atom stereocenters. The summed E-state index contributed by atoms with van der Waals surface area (Å²) in [4.78, 5) is 38.0. The van der Waals surface area contributed by atoms with E-state index in [9.17, 15) is 9.59 Å². The molecule has 2 aromatic heterocycles. The highest BCUT2D eigenvalue weighted by atomic mass is 16.2. The largest absolute Gasteiger partial charge is 0.369 e. The molecule has 3 N–H and O–H groups in total. The Labute approximate surface area is 227 Å². The number of carbonyl (C=O) groups is 1. The number of benzene rings is 2. The van der Waals surface area contributed by atoms with Crippen LogP contribution in [0.5, 0.6) is 0 Å². The van der Waals surface area contributed by atoms with Gasteiger partial charge in [-0.3, -0.25) is 9.59 Å². The summed E-state index contributed by atoms with van der Waals surface area (Å²) in [6, 6.07) is 14.4. The fraction of sp³-hybridized carbons (Fsp3) is 0.333. The second-order valence-corrected chi connectivity index (χ2v) is 10.5. The Bertz CT molecular complexity index is 1610. The highest BCUT2D eigenvalue weighted by Crippen LogP contribution is 2.27. The third-order valence-corrected chi connectivity index (χ3v) is 7.35. The molecule has 0 saturated carbocycles. The van der Waals surface area contributed by atoms with Crippen molar-refractivity contribution in [1.29, 1.82) is 0 Å². The Hall–Kier alpha value is -4.24. The van der Waals surface area contributed by atoms with E-state index in [2.05, 4.69) is 50.1 Å². The van der Waals surface area contributed by atoms with E-state index in [0.717, 1.165) is 62.5 Å². The van der Waals surface area contributed by atoms with Gasteiger partial charge >= 0.3 is 0 Å². The Morgan fingerprint density at radius 2 is 1.85 bits per heavy atom. The zero-order chi connectivity index (χ0) is 26.9. The van der Waals surface area contributed by atoms with E-state index in [1.165, 1.54) is 17.3 Å².